The van der Waals surface area contributed by atoms with Crippen molar-refractivity contribution in [1.82, 2.24) is 9.55 Å². The fourth-order valence-corrected chi connectivity index (χ4v) is 7.15. The van der Waals surface area contributed by atoms with Gasteiger partial charge in [-0.05, 0) is 74.1 Å². The van der Waals surface area contributed by atoms with Gasteiger partial charge in [-0.3, -0.25) is 4.98 Å². The van der Waals surface area contributed by atoms with Gasteiger partial charge in [0.05, 0.1) is 11.3 Å². The van der Waals surface area contributed by atoms with E-state index in [4.69, 9.17) is 4.98 Å². The van der Waals surface area contributed by atoms with Crippen molar-refractivity contribution in [2.45, 2.75) is 118 Å². The van der Waals surface area contributed by atoms with Crippen LogP contribution in [0, 0.1) is 12.1 Å². The number of aromatic hydroxyl groups is 1. The van der Waals surface area contributed by atoms with Gasteiger partial charge in [0.2, 0.25) is 0 Å². The number of nitrogens with zero attached hydrogens (tertiary/aromatic N) is 2. The summed E-state index contributed by atoms with van der Waals surface area (Å²) in [6.45, 7) is 28.9. The van der Waals surface area contributed by atoms with Gasteiger partial charge in [0.1, 0.15) is 11.6 Å². The van der Waals surface area contributed by atoms with Crippen LogP contribution < -0.4 is 0 Å². The maximum absolute atomic E-state index is 12.3. The molecule has 0 saturated carbocycles. The molecule has 1 N–H and O–H groups in total. The van der Waals surface area contributed by atoms with E-state index in [-0.39, 0.29) is 56.2 Å². The summed E-state index contributed by atoms with van der Waals surface area (Å²) >= 11 is 0. The molecule has 1 radical (unpaired) electrons. The number of hydrogen-bond donors (Lipinski definition) is 1. The quantitative estimate of drug-likeness (QED) is 0.128. The molecule has 0 aliphatic heterocycles. The summed E-state index contributed by atoms with van der Waals surface area (Å²) in [4.78, 5) is 5.46. The first-order chi connectivity index (χ1) is 25.2. The average Bonchev–Trinajstić information content (AvgIpc) is 3.55. The molecule has 55 heavy (non-hydrogen) atoms. The number of rotatable bonds is 7. The van der Waals surface area contributed by atoms with Gasteiger partial charge in [-0.1, -0.05) is 126 Å². The van der Waals surface area contributed by atoms with E-state index in [0.29, 0.717) is 0 Å². The summed E-state index contributed by atoms with van der Waals surface area (Å²) in [6, 6.07) is 39.6. The molecule has 1 heterocycles. The van der Waals surface area contributed by atoms with Crippen LogP contribution in [0.25, 0.3) is 50.6 Å². The van der Waals surface area contributed by atoms with Gasteiger partial charge in [0.15, 0.2) is 0 Å². The minimum absolute atomic E-state index is 0. The van der Waals surface area contributed by atoms with Crippen molar-refractivity contribution in [3.63, 3.8) is 0 Å². The van der Waals surface area contributed by atoms with Crippen LogP contribution in [0.4, 0.5) is 0 Å². The topological polar surface area (TPSA) is 38.0 Å². The first-order valence-corrected chi connectivity index (χ1v) is 19.5. The van der Waals surface area contributed by atoms with Crippen LogP contribution in [-0.4, -0.2) is 14.7 Å². The molecule has 0 fully saturated rings. The second-order valence-electron chi connectivity index (χ2n) is 18.6. The standard InChI is InChI=1S/C51H58N2O.Au/c1-32(2)41-27-38(34-18-15-14-16-19-34)28-42(33(3)4)46(41)53-31-45(37-21-17-20-36(26-37)35-22-24-39(25-23-35)49(5,6)7)52-48(53)43-29-40(50(8,9)10)30-44(47(43)54)51(11,12)13;/h14-22,24-25,27-33,54H,1-13H3;/q-2;. The van der Waals surface area contributed by atoms with Crippen LogP contribution in [0.2, 0.25) is 0 Å². The summed E-state index contributed by atoms with van der Waals surface area (Å²) in [5.41, 5.74) is 13.3. The summed E-state index contributed by atoms with van der Waals surface area (Å²) in [5, 5.41) is 12.3. The van der Waals surface area contributed by atoms with Gasteiger partial charge in [0.25, 0.3) is 0 Å². The van der Waals surface area contributed by atoms with Gasteiger partial charge < -0.3 is 9.67 Å². The number of imidazole rings is 1. The van der Waals surface area contributed by atoms with Gasteiger partial charge in [-0.15, -0.1) is 29.3 Å². The zero-order valence-corrected chi connectivity index (χ0v) is 37.2. The van der Waals surface area contributed by atoms with Crippen molar-refractivity contribution >= 4 is 0 Å². The molecule has 4 heteroatoms. The summed E-state index contributed by atoms with van der Waals surface area (Å²) in [6.07, 6.45) is 2.16. The van der Waals surface area contributed by atoms with Crippen molar-refractivity contribution in [2.24, 2.45) is 0 Å². The Bertz CT molecular complexity index is 2240. The maximum Gasteiger partial charge on any atom is 0.140 e. The molecule has 1 aromatic heterocycles. The normalized spacial score (nSPS) is 12.3. The van der Waals surface area contributed by atoms with E-state index in [2.05, 4.69) is 204 Å². The van der Waals surface area contributed by atoms with Gasteiger partial charge >= 0.3 is 0 Å². The van der Waals surface area contributed by atoms with Crippen LogP contribution in [-0.2, 0) is 38.6 Å². The molecular formula is C51H58AuN2O-2. The van der Waals surface area contributed by atoms with Crippen LogP contribution in [0.3, 0.4) is 0 Å². The zero-order valence-electron chi connectivity index (χ0n) is 35.0. The molecule has 0 aliphatic rings. The van der Waals surface area contributed by atoms with Crippen molar-refractivity contribution < 1.29 is 27.5 Å². The molecule has 6 rings (SSSR count). The minimum atomic E-state index is -0.287. The number of phenols is 1. The Labute approximate surface area is 346 Å². The summed E-state index contributed by atoms with van der Waals surface area (Å²) in [7, 11) is 0. The molecule has 0 saturated heterocycles. The molecule has 0 spiro atoms. The Morgan fingerprint density at radius 1 is 0.618 bits per heavy atom. The Morgan fingerprint density at radius 3 is 1.75 bits per heavy atom. The molecule has 0 unspecified atom stereocenters. The Morgan fingerprint density at radius 2 is 1.22 bits per heavy atom. The van der Waals surface area contributed by atoms with Crippen LogP contribution in [0.1, 0.15) is 130 Å². The first kappa shape index (κ1) is 42.0. The van der Waals surface area contributed by atoms with E-state index in [0.717, 1.165) is 50.6 Å². The second-order valence-corrected chi connectivity index (χ2v) is 18.6. The molecule has 5 aromatic carbocycles. The molecule has 0 aliphatic carbocycles. The predicted octanol–water partition coefficient (Wildman–Crippen LogP) is 14.0. The van der Waals surface area contributed by atoms with Crippen LogP contribution in [0.5, 0.6) is 5.75 Å². The third kappa shape index (κ3) is 8.81. The van der Waals surface area contributed by atoms with E-state index in [1.807, 2.05) is 0 Å². The number of hydrogen-bond acceptors (Lipinski definition) is 2. The second kappa shape index (κ2) is 15.8. The molecular weight excluding hydrogens is 854 g/mol. The number of phenolic OH excluding ortho intramolecular Hbond substituents is 1. The largest absolute Gasteiger partial charge is 0.507 e. The molecule has 6 aromatic rings. The monoisotopic (exact) mass is 911 g/mol. The van der Waals surface area contributed by atoms with E-state index >= 15 is 0 Å². The number of aromatic nitrogens is 2. The van der Waals surface area contributed by atoms with Gasteiger partial charge in [0, 0.05) is 39.8 Å². The predicted molar refractivity (Wildman–Crippen MR) is 229 cm³/mol. The van der Waals surface area contributed by atoms with Crippen molar-refractivity contribution in [1.29, 1.82) is 0 Å². The SMILES string of the molecule is CC(C)c1cc(-c2ccccc2)cc(C(C)C)c1-n1cc(-c2[c-]c(-c3[c-]cc(C(C)(C)C)cc3)ccc2)nc1-c1cc(C(C)(C)C)cc(C(C)(C)C)c1O.[Au]. The molecule has 3 nitrogen and oxygen atoms in total. The first-order valence-electron chi connectivity index (χ1n) is 19.5. The van der Waals surface area contributed by atoms with Crippen molar-refractivity contribution in [3.05, 3.63) is 137 Å². The molecule has 291 valence electrons. The maximum atomic E-state index is 12.3. The Kier molecular flexibility index (Phi) is 12.0. The Hall–Kier alpha value is -4.15. The molecule has 0 bridgehead atoms. The number of benzene rings is 5. The van der Waals surface area contributed by atoms with E-state index < -0.39 is 0 Å². The van der Waals surface area contributed by atoms with Crippen LogP contribution >= 0.6 is 0 Å². The third-order valence-electron chi connectivity index (χ3n) is 10.5. The molecule has 0 atom stereocenters. The third-order valence-corrected chi connectivity index (χ3v) is 10.5. The minimum Gasteiger partial charge on any atom is -0.507 e. The summed E-state index contributed by atoms with van der Waals surface area (Å²) in [5.74, 6) is 1.44. The van der Waals surface area contributed by atoms with Crippen molar-refractivity contribution in [3.8, 4) is 56.3 Å². The van der Waals surface area contributed by atoms with E-state index in [9.17, 15) is 5.11 Å². The fourth-order valence-electron chi connectivity index (χ4n) is 7.15. The van der Waals surface area contributed by atoms with Crippen LogP contribution in [0.15, 0.2) is 97.2 Å². The van der Waals surface area contributed by atoms with Gasteiger partial charge in [-0.2, -0.15) is 35.9 Å². The fraction of sp³-hybridized carbons (Fsp3) is 0.353. The smallest absolute Gasteiger partial charge is 0.140 e. The van der Waals surface area contributed by atoms with E-state index in [1.165, 1.54) is 27.8 Å². The molecule has 0 amide bonds. The zero-order chi connectivity index (χ0) is 39.3. The average molecular weight is 912 g/mol. The summed E-state index contributed by atoms with van der Waals surface area (Å²) < 4.78 is 2.26. The van der Waals surface area contributed by atoms with Crippen molar-refractivity contribution in [2.75, 3.05) is 0 Å². The Balaban J connectivity index is 0.00000580. The van der Waals surface area contributed by atoms with E-state index in [1.54, 1.807) is 0 Å². The van der Waals surface area contributed by atoms with Gasteiger partial charge in [-0.25, -0.2) is 5.56 Å².